The maximum Gasteiger partial charge on any atom is 0.337 e. The predicted octanol–water partition coefficient (Wildman–Crippen LogP) is 3.01. The van der Waals surface area contributed by atoms with Gasteiger partial charge in [0.15, 0.2) is 10.6 Å². The van der Waals surface area contributed by atoms with Crippen LogP contribution in [-0.4, -0.2) is 23.6 Å². The van der Waals surface area contributed by atoms with Gasteiger partial charge in [0.25, 0.3) is 0 Å². The van der Waals surface area contributed by atoms with E-state index in [4.69, 9.17) is 9.15 Å². The van der Waals surface area contributed by atoms with Gasteiger partial charge < -0.3 is 13.7 Å². The average Bonchev–Trinajstić information content (AvgIpc) is 3.23. The lowest BCUT2D eigenvalue weighted by molar-refractivity contribution is 0.0601. The first-order valence-corrected chi connectivity index (χ1v) is 7.91. The Bertz CT molecular complexity index is 980. The van der Waals surface area contributed by atoms with E-state index in [-0.39, 0.29) is 5.76 Å². The molecule has 3 aromatic rings. The number of methoxy groups -OCH3 is 1. The number of rotatable bonds is 4. The molecule has 0 aliphatic heterocycles. The molecule has 0 saturated heterocycles. The second-order valence-corrected chi connectivity index (χ2v) is 5.86. The predicted molar refractivity (Wildman–Crippen MR) is 90.0 cm³/mol. The Morgan fingerprint density at radius 3 is 2.92 bits per heavy atom. The largest absolute Gasteiger partial charge is 0.465 e. The first-order valence-electron chi connectivity index (χ1n) is 7.09. The molecular weight excluding hydrogens is 328 g/mol. The van der Waals surface area contributed by atoms with Gasteiger partial charge in [0.05, 0.1) is 29.2 Å². The van der Waals surface area contributed by atoms with Crippen molar-refractivity contribution in [3.8, 4) is 0 Å². The van der Waals surface area contributed by atoms with Gasteiger partial charge >= 0.3 is 11.9 Å². The molecule has 2 heterocycles. The summed E-state index contributed by atoms with van der Waals surface area (Å²) in [5, 5.41) is 0. The van der Waals surface area contributed by atoms with Crippen LogP contribution in [0.5, 0.6) is 0 Å². The summed E-state index contributed by atoms with van der Waals surface area (Å²) in [6.07, 6.45) is 3.14. The van der Waals surface area contributed by atoms with E-state index < -0.39 is 11.9 Å². The first-order chi connectivity index (χ1) is 11.6. The number of ether oxygens (including phenoxy) is 1. The van der Waals surface area contributed by atoms with Gasteiger partial charge in [-0.05, 0) is 30.3 Å². The third-order valence-corrected chi connectivity index (χ3v) is 4.39. The zero-order valence-corrected chi connectivity index (χ0v) is 13.7. The molecule has 0 aliphatic carbocycles. The lowest BCUT2D eigenvalue weighted by Crippen LogP contribution is -2.16. The number of furan rings is 1. The zero-order valence-electron chi connectivity index (χ0n) is 12.9. The highest BCUT2D eigenvalue weighted by atomic mass is 32.1. The molecule has 0 fully saturated rings. The van der Waals surface area contributed by atoms with Gasteiger partial charge in [0.1, 0.15) is 0 Å². The summed E-state index contributed by atoms with van der Waals surface area (Å²) in [6.45, 7) is 4.22. The number of carbonyl (C=O) groups is 2. The second kappa shape index (κ2) is 6.67. The van der Waals surface area contributed by atoms with Gasteiger partial charge in [0, 0.05) is 6.54 Å². The number of benzene rings is 1. The van der Waals surface area contributed by atoms with Crippen LogP contribution in [0, 0.1) is 0 Å². The minimum absolute atomic E-state index is 0.174. The van der Waals surface area contributed by atoms with Crippen molar-refractivity contribution in [2.75, 3.05) is 7.11 Å². The summed E-state index contributed by atoms with van der Waals surface area (Å²) in [5.74, 6) is -0.698. The second-order valence-electron chi connectivity index (χ2n) is 4.85. The van der Waals surface area contributed by atoms with E-state index in [0.717, 1.165) is 10.2 Å². The molecule has 0 N–H and O–H groups in total. The number of fused-ring (bicyclic) bond motifs is 1. The van der Waals surface area contributed by atoms with E-state index in [9.17, 15) is 9.59 Å². The van der Waals surface area contributed by atoms with Crippen LogP contribution in [-0.2, 0) is 11.3 Å². The molecule has 0 spiro atoms. The third-order valence-electron chi connectivity index (χ3n) is 3.34. The molecule has 0 aliphatic rings. The van der Waals surface area contributed by atoms with Crippen molar-refractivity contribution in [1.29, 1.82) is 0 Å². The molecule has 3 rings (SSSR count). The number of thiazole rings is 1. The Morgan fingerprint density at radius 1 is 1.42 bits per heavy atom. The van der Waals surface area contributed by atoms with Crippen molar-refractivity contribution in [1.82, 2.24) is 4.57 Å². The molecule has 1 amide bonds. The Hall–Kier alpha value is -2.93. The summed E-state index contributed by atoms with van der Waals surface area (Å²) in [4.78, 5) is 28.5. The maximum absolute atomic E-state index is 12.2. The van der Waals surface area contributed by atoms with Crippen LogP contribution >= 0.6 is 11.3 Å². The van der Waals surface area contributed by atoms with Crippen molar-refractivity contribution < 1.29 is 18.7 Å². The highest BCUT2D eigenvalue weighted by molar-refractivity contribution is 7.16. The summed E-state index contributed by atoms with van der Waals surface area (Å²) in [5.41, 5.74) is 1.31. The Labute approximate surface area is 141 Å². The molecule has 0 saturated carbocycles. The third kappa shape index (κ3) is 2.93. The molecule has 122 valence electrons. The van der Waals surface area contributed by atoms with Crippen LogP contribution in [0.4, 0.5) is 0 Å². The molecule has 0 atom stereocenters. The number of allylic oxidation sites excluding steroid dienone is 1. The number of amides is 1. The lowest BCUT2D eigenvalue weighted by atomic mass is 10.2. The summed E-state index contributed by atoms with van der Waals surface area (Å²) >= 11 is 1.31. The number of aromatic nitrogens is 1. The van der Waals surface area contributed by atoms with E-state index in [1.165, 1.54) is 24.7 Å². The molecule has 0 radical (unpaired) electrons. The van der Waals surface area contributed by atoms with Crippen molar-refractivity contribution in [3.05, 3.63) is 65.4 Å². The highest BCUT2D eigenvalue weighted by Crippen LogP contribution is 2.20. The highest BCUT2D eigenvalue weighted by Gasteiger charge is 2.12. The molecule has 1 aromatic carbocycles. The van der Waals surface area contributed by atoms with Gasteiger partial charge in [0.2, 0.25) is 0 Å². The average molecular weight is 342 g/mol. The number of esters is 1. The van der Waals surface area contributed by atoms with Crippen LogP contribution < -0.4 is 4.80 Å². The molecule has 0 bridgehead atoms. The SMILES string of the molecule is C=CCn1c(=NC(=O)c2ccco2)sc2cc(C(=O)OC)ccc21. The van der Waals surface area contributed by atoms with Gasteiger partial charge in [-0.1, -0.05) is 17.4 Å². The first kappa shape index (κ1) is 15.9. The topological polar surface area (TPSA) is 73.8 Å². The Morgan fingerprint density at radius 2 is 2.25 bits per heavy atom. The van der Waals surface area contributed by atoms with Crippen molar-refractivity contribution in [2.24, 2.45) is 4.99 Å². The number of hydrogen-bond acceptors (Lipinski definition) is 5. The zero-order chi connectivity index (χ0) is 17.1. The number of carbonyl (C=O) groups excluding carboxylic acids is 2. The summed E-state index contributed by atoms with van der Waals surface area (Å²) < 4.78 is 12.5. The van der Waals surface area contributed by atoms with E-state index in [1.807, 2.05) is 4.57 Å². The van der Waals surface area contributed by atoms with Crippen LogP contribution in [0.1, 0.15) is 20.9 Å². The van der Waals surface area contributed by atoms with E-state index in [1.54, 1.807) is 36.4 Å². The molecule has 6 nitrogen and oxygen atoms in total. The molecular formula is C17H14N2O4S. The number of nitrogens with zero attached hydrogens (tertiary/aromatic N) is 2. The van der Waals surface area contributed by atoms with E-state index in [0.29, 0.717) is 16.9 Å². The number of hydrogen-bond donors (Lipinski definition) is 0. The van der Waals surface area contributed by atoms with Gasteiger partial charge in [-0.3, -0.25) is 4.79 Å². The van der Waals surface area contributed by atoms with Crippen molar-refractivity contribution in [3.63, 3.8) is 0 Å². The van der Waals surface area contributed by atoms with E-state index in [2.05, 4.69) is 11.6 Å². The molecule has 2 aromatic heterocycles. The van der Waals surface area contributed by atoms with Crippen LogP contribution in [0.3, 0.4) is 0 Å². The Kier molecular flexibility index (Phi) is 4.43. The quantitative estimate of drug-likeness (QED) is 0.540. The fraction of sp³-hybridized carbons (Fsp3) is 0.118. The fourth-order valence-electron chi connectivity index (χ4n) is 2.25. The van der Waals surface area contributed by atoms with Crippen LogP contribution in [0.25, 0.3) is 10.2 Å². The fourth-order valence-corrected chi connectivity index (χ4v) is 3.33. The Balaban J connectivity index is 2.16. The van der Waals surface area contributed by atoms with Gasteiger partial charge in [-0.25, -0.2) is 4.79 Å². The standard InChI is InChI=1S/C17H14N2O4S/c1-3-8-19-12-7-6-11(16(21)22-2)10-14(12)24-17(19)18-15(20)13-5-4-9-23-13/h3-7,9-10H,1,8H2,2H3. The maximum atomic E-state index is 12.2. The van der Waals surface area contributed by atoms with Gasteiger partial charge in [-0.15, -0.1) is 6.58 Å². The summed E-state index contributed by atoms with van der Waals surface area (Å²) in [6, 6.07) is 8.40. The molecule has 0 unspecified atom stereocenters. The monoisotopic (exact) mass is 342 g/mol. The smallest absolute Gasteiger partial charge is 0.337 e. The van der Waals surface area contributed by atoms with Crippen LogP contribution in [0.2, 0.25) is 0 Å². The lowest BCUT2D eigenvalue weighted by Gasteiger charge is -2.02. The molecule has 7 heteroatoms. The van der Waals surface area contributed by atoms with Crippen molar-refractivity contribution in [2.45, 2.75) is 6.54 Å². The van der Waals surface area contributed by atoms with Gasteiger partial charge in [-0.2, -0.15) is 4.99 Å². The summed E-state index contributed by atoms with van der Waals surface area (Å²) in [7, 11) is 1.33. The molecule has 24 heavy (non-hydrogen) atoms. The normalized spacial score (nSPS) is 11.6. The minimum Gasteiger partial charge on any atom is -0.465 e. The van der Waals surface area contributed by atoms with E-state index >= 15 is 0 Å². The minimum atomic E-state index is -0.461. The van der Waals surface area contributed by atoms with Crippen molar-refractivity contribution >= 4 is 33.4 Å². The van der Waals surface area contributed by atoms with Crippen LogP contribution in [0.15, 0.2) is 58.7 Å².